The van der Waals surface area contributed by atoms with Crippen molar-refractivity contribution in [3.8, 4) is 0 Å². The summed E-state index contributed by atoms with van der Waals surface area (Å²) in [5.41, 5.74) is 2.20. The van der Waals surface area contributed by atoms with Crippen LogP contribution in [0, 0.1) is 0 Å². The summed E-state index contributed by atoms with van der Waals surface area (Å²) in [6.45, 7) is 4.26. The van der Waals surface area contributed by atoms with Crippen molar-refractivity contribution < 1.29 is 0 Å². The summed E-state index contributed by atoms with van der Waals surface area (Å²) in [5, 5.41) is 0. The van der Waals surface area contributed by atoms with Gasteiger partial charge >= 0.3 is 0 Å². The van der Waals surface area contributed by atoms with Crippen LogP contribution in [0.3, 0.4) is 0 Å². The van der Waals surface area contributed by atoms with Gasteiger partial charge in [-0.3, -0.25) is 0 Å². The summed E-state index contributed by atoms with van der Waals surface area (Å²) in [6.07, 6.45) is 3.44. The molecule has 0 saturated heterocycles. The Labute approximate surface area is 176 Å². The van der Waals surface area contributed by atoms with Gasteiger partial charge in [0.15, 0.2) is 17.5 Å². The van der Waals surface area contributed by atoms with Crippen LogP contribution in [0.5, 0.6) is 0 Å². The molecule has 0 aliphatic rings. The third kappa shape index (κ3) is 6.13. The van der Waals surface area contributed by atoms with Gasteiger partial charge in [0.1, 0.15) is 0 Å². The van der Waals surface area contributed by atoms with Crippen LogP contribution in [-0.2, 0) is 7.59 Å². The molecule has 0 spiro atoms. The van der Waals surface area contributed by atoms with Crippen molar-refractivity contribution in [3.63, 3.8) is 0 Å². The third-order valence-corrected chi connectivity index (χ3v) is 4.20. The molecule has 0 atom stereocenters. The highest BCUT2D eigenvalue weighted by Crippen LogP contribution is 2.39. The Bertz CT molecular complexity index is 729. The van der Waals surface area contributed by atoms with Gasteiger partial charge in [-0.2, -0.15) is 0 Å². The van der Waals surface area contributed by atoms with Crippen LogP contribution in [0.15, 0.2) is 24.3 Å². The quantitative estimate of drug-likeness (QED) is 0.472. The predicted octanol–water partition coefficient (Wildman–Crippen LogP) is 6.82. The average Bonchev–Trinajstić information content (AvgIpc) is 2.51. The molecule has 0 radical (unpaired) electrons. The summed E-state index contributed by atoms with van der Waals surface area (Å²) in [7, 11) is 0. The van der Waals surface area contributed by atoms with Crippen molar-refractivity contribution in [2.45, 2.75) is 27.4 Å². The number of hydrogen-bond donors (Lipinski definition) is 0. The fourth-order valence-corrected chi connectivity index (χ4v) is 2.39. The Kier molecular flexibility index (Phi) is 6.86. The van der Waals surface area contributed by atoms with Gasteiger partial charge in [0.25, 0.3) is 0 Å². The second kappa shape index (κ2) is 8.16. The zero-order chi connectivity index (χ0) is 18.8. The van der Waals surface area contributed by atoms with Gasteiger partial charge in [0.2, 0.25) is 7.59 Å². The van der Waals surface area contributed by atoms with Crippen LogP contribution in [0.2, 0.25) is 0 Å². The number of benzene rings is 1. The number of aromatic nitrogens is 3. The molecule has 1 aromatic heterocycles. The van der Waals surface area contributed by atoms with Crippen molar-refractivity contribution in [2.75, 3.05) is 0 Å². The average molecular weight is 460 g/mol. The van der Waals surface area contributed by atoms with E-state index in [1.54, 1.807) is 6.08 Å². The van der Waals surface area contributed by atoms with Crippen LogP contribution >= 0.6 is 69.6 Å². The molecule has 0 amide bonds. The highest BCUT2D eigenvalue weighted by atomic mass is 35.6. The minimum atomic E-state index is -1.87. The molecule has 2 rings (SSSR count). The third-order valence-electron chi connectivity index (χ3n) is 3.19. The van der Waals surface area contributed by atoms with Gasteiger partial charge in [-0.05, 0) is 23.1 Å². The van der Waals surface area contributed by atoms with Crippen molar-refractivity contribution in [3.05, 3.63) is 52.9 Å². The molecule has 0 aliphatic heterocycles. The Morgan fingerprint density at radius 1 is 0.760 bits per heavy atom. The second-order valence-electron chi connectivity index (χ2n) is 5.49. The molecule has 1 aromatic carbocycles. The van der Waals surface area contributed by atoms with Crippen molar-refractivity contribution in [1.29, 1.82) is 0 Å². The highest BCUT2D eigenvalue weighted by Gasteiger charge is 2.33. The Balaban J connectivity index is 2.37. The standard InChI is InChI=1S/C16H13Cl6N3/c1-9(2)11-6-3-10(4-7-11)5-8-12-23-13(15(17,18)19)25-14(24-12)16(20,21)22/h3-9H,1-2H3. The van der Waals surface area contributed by atoms with Gasteiger partial charge in [-0.1, -0.05) is 114 Å². The summed E-state index contributed by atoms with van der Waals surface area (Å²) in [4.78, 5) is 12.1. The maximum absolute atomic E-state index is 5.84. The van der Waals surface area contributed by atoms with Gasteiger partial charge in [-0.25, -0.2) is 15.0 Å². The summed E-state index contributed by atoms with van der Waals surface area (Å²) in [6, 6.07) is 8.08. The van der Waals surface area contributed by atoms with E-state index >= 15 is 0 Å². The van der Waals surface area contributed by atoms with Crippen LogP contribution in [0.1, 0.15) is 48.4 Å². The second-order valence-corrected chi connectivity index (χ2v) is 10.1. The smallest absolute Gasteiger partial charge is 0.209 e. The van der Waals surface area contributed by atoms with Gasteiger partial charge in [0, 0.05) is 0 Å². The minimum Gasteiger partial charge on any atom is -0.209 e. The molecule has 134 valence electrons. The molecule has 9 heteroatoms. The van der Waals surface area contributed by atoms with Crippen LogP contribution in [0.25, 0.3) is 12.2 Å². The molecule has 0 bridgehead atoms. The number of hydrogen-bond acceptors (Lipinski definition) is 3. The van der Waals surface area contributed by atoms with Crippen LogP contribution in [0.4, 0.5) is 0 Å². The molecule has 0 N–H and O–H groups in total. The predicted molar refractivity (Wildman–Crippen MR) is 108 cm³/mol. The molecular weight excluding hydrogens is 447 g/mol. The molecular formula is C16H13Cl6N3. The zero-order valence-electron chi connectivity index (χ0n) is 13.2. The monoisotopic (exact) mass is 457 g/mol. The number of alkyl halides is 6. The zero-order valence-corrected chi connectivity index (χ0v) is 17.7. The largest absolute Gasteiger partial charge is 0.250 e. The van der Waals surface area contributed by atoms with E-state index in [9.17, 15) is 0 Å². The van der Waals surface area contributed by atoms with E-state index in [4.69, 9.17) is 69.6 Å². The summed E-state index contributed by atoms with van der Waals surface area (Å²) in [5.74, 6) is 0.429. The SMILES string of the molecule is CC(C)c1ccc(C=Cc2nc(C(Cl)(Cl)Cl)nc(C(Cl)(Cl)Cl)n2)cc1. The first-order valence-corrected chi connectivity index (χ1v) is 9.42. The van der Waals surface area contributed by atoms with E-state index in [1.165, 1.54) is 5.56 Å². The Hall–Kier alpha value is -0.290. The topological polar surface area (TPSA) is 38.7 Å². The number of halogens is 6. The van der Waals surface area contributed by atoms with E-state index in [-0.39, 0.29) is 17.5 Å². The molecule has 0 fully saturated rings. The molecule has 3 nitrogen and oxygen atoms in total. The lowest BCUT2D eigenvalue weighted by molar-refractivity contribution is 0.835. The molecule has 0 saturated carbocycles. The van der Waals surface area contributed by atoms with Crippen molar-refractivity contribution in [2.24, 2.45) is 0 Å². The minimum absolute atomic E-state index is 0.122. The van der Waals surface area contributed by atoms with Gasteiger partial charge < -0.3 is 0 Å². The van der Waals surface area contributed by atoms with Crippen LogP contribution in [-0.4, -0.2) is 15.0 Å². The maximum atomic E-state index is 5.84. The van der Waals surface area contributed by atoms with Crippen molar-refractivity contribution >= 4 is 81.8 Å². The first-order valence-electron chi connectivity index (χ1n) is 7.15. The first-order chi connectivity index (χ1) is 11.5. The Morgan fingerprint density at radius 3 is 1.64 bits per heavy atom. The summed E-state index contributed by atoms with van der Waals surface area (Å²) < 4.78 is -3.73. The first kappa shape index (κ1) is 21.0. The van der Waals surface area contributed by atoms with Crippen molar-refractivity contribution in [1.82, 2.24) is 15.0 Å². The van der Waals surface area contributed by atoms with Gasteiger partial charge in [-0.15, -0.1) is 0 Å². The van der Waals surface area contributed by atoms with E-state index in [0.717, 1.165) is 5.56 Å². The van der Waals surface area contributed by atoms with E-state index in [2.05, 4.69) is 40.9 Å². The number of rotatable bonds is 3. The maximum Gasteiger partial charge on any atom is 0.250 e. The molecule has 25 heavy (non-hydrogen) atoms. The van der Waals surface area contributed by atoms with Gasteiger partial charge in [0.05, 0.1) is 0 Å². The molecule has 1 heterocycles. The van der Waals surface area contributed by atoms with E-state index in [1.807, 2.05) is 18.2 Å². The lowest BCUT2D eigenvalue weighted by atomic mass is 10.0. The van der Waals surface area contributed by atoms with Crippen LogP contribution < -0.4 is 0 Å². The lowest BCUT2D eigenvalue weighted by Crippen LogP contribution is -2.16. The fourth-order valence-electron chi connectivity index (χ4n) is 1.88. The van der Waals surface area contributed by atoms with E-state index < -0.39 is 7.59 Å². The molecule has 0 unspecified atom stereocenters. The highest BCUT2D eigenvalue weighted by molar-refractivity contribution is 6.67. The number of nitrogens with zero attached hydrogens (tertiary/aromatic N) is 3. The Morgan fingerprint density at radius 2 is 1.24 bits per heavy atom. The normalized spacial score (nSPS) is 13.0. The summed E-state index contributed by atoms with van der Waals surface area (Å²) >= 11 is 35.0. The lowest BCUT2D eigenvalue weighted by Gasteiger charge is -2.14. The molecule has 0 aliphatic carbocycles. The fraction of sp³-hybridized carbons (Fsp3) is 0.312. The van der Waals surface area contributed by atoms with E-state index in [0.29, 0.717) is 5.92 Å². The molecule has 2 aromatic rings.